The molecule has 1 unspecified atom stereocenters. The van der Waals surface area contributed by atoms with Crippen LogP contribution in [0.4, 0.5) is 0 Å². The van der Waals surface area contributed by atoms with Crippen LogP contribution >= 0.6 is 0 Å². The number of carbonyl (C=O) groups is 1. The van der Waals surface area contributed by atoms with Gasteiger partial charge in [0.05, 0.1) is 0 Å². The Balaban J connectivity index is 3.79. The first-order valence-corrected chi connectivity index (χ1v) is 5.25. The second-order valence-corrected chi connectivity index (χ2v) is 3.79. The number of carboxylic acid groups (broad SMARTS) is 1. The average Bonchev–Trinajstić information content (AvgIpc) is 2.20. The van der Waals surface area contributed by atoms with E-state index in [1.165, 1.54) is 0 Å². The van der Waals surface area contributed by atoms with E-state index in [1.54, 1.807) is 19.1 Å². The summed E-state index contributed by atoms with van der Waals surface area (Å²) in [4.78, 5) is 10.4. The lowest BCUT2D eigenvalue weighted by molar-refractivity contribution is -0.132. The first-order valence-electron chi connectivity index (χ1n) is 5.25. The van der Waals surface area contributed by atoms with Crippen molar-refractivity contribution in [2.75, 3.05) is 6.61 Å². The summed E-state index contributed by atoms with van der Waals surface area (Å²) >= 11 is 0. The van der Waals surface area contributed by atoms with Gasteiger partial charge in [0.15, 0.2) is 0 Å². The molecule has 0 aromatic carbocycles. The van der Waals surface area contributed by atoms with Crippen LogP contribution in [0, 0.1) is 5.92 Å². The lowest BCUT2D eigenvalue weighted by atomic mass is 10.0. The average molecular weight is 212 g/mol. The number of aliphatic carboxylic acids is 1. The zero-order valence-electron chi connectivity index (χ0n) is 9.44. The minimum atomic E-state index is -0.882. The number of aliphatic hydroxyl groups is 1. The van der Waals surface area contributed by atoms with Crippen LogP contribution < -0.4 is 0 Å². The number of allylic oxidation sites excluding steroid dienone is 3. The van der Waals surface area contributed by atoms with E-state index < -0.39 is 5.97 Å². The minimum absolute atomic E-state index is 0.242. The molecule has 0 aliphatic carbocycles. The zero-order chi connectivity index (χ0) is 11.7. The van der Waals surface area contributed by atoms with Gasteiger partial charge in [0.25, 0.3) is 0 Å². The predicted molar refractivity (Wildman–Crippen MR) is 60.6 cm³/mol. The summed E-state index contributed by atoms with van der Waals surface area (Å²) in [5.41, 5.74) is 0.342. The molecule has 86 valence electrons. The van der Waals surface area contributed by atoms with E-state index in [2.05, 4.69) is 6.92 Å². The standard InChI is InChI=1S/C12H20O3/c1-10(7-5-9-13)6-3-4-8-11(2)12(14)15/h3-4,8,10,13H,5-7,9H2,1-2H3,(H,14,15). The molecule has 0 spiro atoms. The molecule has 0 aromatic heterocycles. The molecule has 2 N–H and O–H groups in total. The molecule has 0 radical (unpaired) electrons. The molecule has 3 heteroatoms. The number of hydrogen-bond acceptors (Lipinski definition) is 2. The maximum absolute atomic E-state index is 10.4. The highest BCUT2D eigenvalue weighted by molar-refractivity contribution is 5.86. The van der Waals surface area contributed by atoms with Gasteiger partial charge in [0.2, 0.25) is 0 Å². The van der Waals surface area contributed by atoms with Crippen LogP contribution in [0.2, 0.25) is 0 Å². The van der Waals surface area contributed by atoms with Gasteiger partial charge in [-0.15, -0.1) is 0 Å². The van der Waals surface area contributed by atoms with Crippen molar-refractivity contribution >= 4 is 5.97 Å². The molecule has 0 aliphatic rings. The fraction of sp³-hybridized carbons (Fsp3) is 0.583. The molecule has 0 saturated heterocycles. The van der Waals surface area contributed by atoms with Crippen LogP contribution in [0.5, 0.6) is 0 Å². The molecular formula is C12H20O3. The molecule has 0 heterocycles. The van der Waals surface area contributed by atoms with Crippen molar-refractivity contribution in [1.82, 2.24) is 0 Å². The van der Waals surface area contributed by atoms with E-state index >= 15 is 0 Å². The molecule has 0 aliphatic heterocycles. The number of hydrogen-bond donors (Lipinski definition) is 2. The van der Waals surface area contributed by atoms with Gasteiger partial charge in [-0.3, -0.25) is 0 Å². The molecule has 0 rings (SSSR count). The van der Waals surface area contributed by atoms with Crippen molar-refractivity contribution in [3.05, 3.63) is 23.8 Å². The third-order valence-electron chi connectivity index (χ3n) is 2.21. The Hall–Kier alpha value is -1.09. The van der Waals surface area contributed by atoms with Crippen molar-refractivity contribution in [3.63, 3.8) is 0 Å². The van der Waals surface area contributed by atoms with E-state index in [0.717, 1.165) is 19.3 Å². The van der Waals surface area contributed by atoms with E-state index in [1.807, 2.05) is 6.08 Å². The smallest absolute Gasteiger partial charge is 0.331 e. The highest BCUT2D eigenvalue weighted by Gasteiger charge is 1.98. The third kappa shape index (κ3) is 7.94. The highest BCUT2D eigenvalue weighted by Crippen LogP contribution is 2.10. The van der Waals surface area contributed by atoms with Crippen LogP contribution in [-0.4, -0.2) is 22.8 Å². The van der Waals surface area contributed by atoms with E-state index in [0.29, 0.717) is 11.5 Å². The monoisotopic (exact) mass is 212 g/mol. The summed E-state index contributed by atoms with van der Waals surface area (Å²) in [6.07, 6.45) is 8.10. The summed E-state index contributed by atoms with van der Waals surface area (Å²) in [6.45, 7) is 3.93. The molecule has 0 saturated carbocycles. The Labute approximate surface area is 91.1 Å². The predicted octanol–water partition coefficient (Wildman–Crippen LogP) is 2.37. The van der Waals surface area contributed by atoms with Gasteiger partial charge in [-0.05, 0) is 32.1 Å². The molecule has 0 aromatic rings. The number of rotatable bonds is 7. The minimum Gasteiger partial charge on any atom is -0.478 e. The first-order chi connectivity index (χ1) is 7.07. The quantitative estimate of drug-likeness (QED) is 0.503. The Morgan fingerprint density at radius 3 is 2.67 bits per heavy atom. The fourth-order valence-corrected chi connectivity index (χ4v) is 1.15. The third-order valence-corrected chi connectivity index (χ3v) is 2.21. The maximum atomic E-state index is 10.4. The normalized spacial score (nSPS) is 14.5. The SMILES string of the molecule is CC(=CC=CCC(C)CCCO)C(=O)O. The van der Waals surface area contributed by atoms with Crippen molar-refractivity contribution in [3.8, 4) is 0 Å². The second kappa shape index (κ2) is 8.24. The largest absolute Gasteiger partial charge is 0.478 e. The Kier molecular flexibility index (Phi) is 7.64. The number of carboxylic acids is 1. The van der Waals surface area contributed by atoms with Crippen molar-refractivity contribution < 1.29 is 15.0 Å². The van der Waals surface area contributed by atoms with E-state index in [4.69, 9.17) is 10.2 Å². The lowest BCUT2D eigenvalue weighted by Crippen LogP contribution is -1.95. The lowest BCUT2D eigenvalue weighted by Gasteiger charge is -2.05. The summed E-state index contributed by atoms with van der Waals surface area (Å²) in [6, 6.07) is 0. The summed E-state index contributed by atoms with van der Waals surface area (Å²) in [5, 5.41) is 17.2. The van der Waals surface area contributed by atoms with Crippen LogP contribution in [0.3, 0.4) is 0 Å². The van der Waals surface area contributed by atoms with Gasteiger partial charge in [-0.25, -0.2) is 4.79 Å². The van der Waals surface area contributed by atoms with Crippen molar-refractivity contribution in [2.24, 2.45) is 5.92 Å². The van der Waals surface area contributed by atoms with E-state index in [9.17, 15) is 4.79 Å². The Morgan fingerprint density at radius 2 is 2.13 bits per heavy atom. The number of aliphatic hydroxyl groups excluding tert-OH is 1. The molecule has 15 heavy (non-hydrogen) atoms. The molecule has 0 fully saturated rings. The van der Waals surface area contributed by atoms with Crippen LogP contribution in [0.15, 0.2) is 23.8 Å². The Morgan fingerprint density at radius 1 is 1.47 bits per heavy atom. The van der Waals surface area contributed by atoms with E-state index in [-0.39, 0.29) is 6.61 Å². The Bertz CT molecular complexity index is 241. The second-order valence-electron chi connectivity index (χ2n) is 3.79. The van der Waals surface area contributed by atoms with Gasteiger partial charge in [0, 0.05) is 12.2 Å². The molecule has 0 amide bonds. The van der Waals surface area contributed by atoms with Crippen molar-refractivity contribution in [2.45, 2.75) is 33.1 Å². The van der Waals surface area contributed by atoms with Crippen LogP contribution in [0.25, 0.3) is 0 Å². The zero-order valence-corrected chi connectivity index (χ0v) is 9.44. The first kappa shape index (κ1) is 13.9. The van der Waals surface area contributed by atoms with Crippen LogP contribution in [-0.2, 0) is 4.79 Å². The highest BCUT2D eigenvalue weighted by atomic mass is 16.4. The van der Waals surface area contributed by atoms with Gasteiger partial charge in [0.1, 0.15) is 0 Å². The van der Waals surface area contributed by atoms with Gasteiger partial charge < -0.3 is 10.2 Å². The van der Waals surface area contributed by atoms with Crippen molar-refractivity contribution in [1.29, 1.82) is 0 Å². The topological polar surface area (TPSA) is 57.5 Å². The molecule has 1 atom stereocenters. The summed E-state index contributed by atoms with van der Waals surface area (Å²) in [7, 11) is 0. The molecular weight excluding hydrogens is 192 g/mol. The maximum Gasteiger partial charge on any atom is 0.331 e. The summed E-state index contributed by atoms with van der Waals surface area (Å²) < 4.78 is 0. The van der Waals surface area contributed by atoms with Gasteiger partial charge in [-0.1, -0.05) is 25.2 Å². The van der Waals surface area contributed by atoms with Crippen LogP contribution in [0.1, 0.15) is 33.1 Å². The molecule has 3 nitrogen and oxygen atoms in total. The fourth-order valence-electron chi connectivity index (χ4n) is 1.15. The van der Waals surface area contributed by atoms with Gasteiger partial charge in [-0.2, -0.15) is 0 Å². The van der Waals surface area contributed by atoms with Gasteiger partial charge >= 0.3 is 5.97 Å². The molecule has 0 bridgehead atoms. The summed E-state index contributed by atoms with van der Waals surface area (Å²) in [5.74, 6) is -0.347.